The molecule has 5 heteroatoms. The molecule has 22 heavy (non-hydrogen) atoms. The van der Waals surface area contributed by atoms with E-state index in [0.717, 1.165) is 12.8 Å². The average Bonchev–Trinajstić information content (AvgIpc) is 2.55. The SMILES string of the molecule is CCC1C=C(C(=O)N2CCc3ccccc3[C@H]2C)N=NC1N. The molecular weight excluding hydrogens is 276 g/mol. The first kappa shape index (κ1) is 14.9. The maximum Gasteiger partial charge on any atom is 0.274 e. The van der Waals surface area contributed by atoms with Crippen molar-refractivity contribution in [3.05, 3.63) is 47.2 Å². The Bertz CT molecular complexity index is 637. The van der Waals surface area contributed by atoms with E-state index in [2.05, 4.69) is 29.3 Å². The molecule has 0 fully saturated rings. The predicted octanol–water partition coefficient (Wildman–Crippen LogP) is 2.79. The molecule has 0 aromatic heterocycles. The monoisotopic (exact) mass is 298 g/mol. The van der Waals surface area contributed by atoms with Gasteiger partial charge in [-0.1, -0.05) is 31.2 Å². The van der Waals surface area contributed by atoms with Gasteiger partial charge in [0.1, 0.15) is 11.9 Å². The Labute approximate surface area is 130 Å². The van der Waals surface area contributed by atoms with Crippen LogP contribution in [0.2, 0.25) is 0 Å². The molecule has 1 amide bonds. The van der Waals surface area contributed by atoms with Gasteiger partial charge in [0.15, 0.2) is 0 Å². The second-order valence-corrected chi connectivity index (χ2v) is 5.95. The summed E-state index contributed by atoms with van der Waals surface area (Å²) in [5, 5.41) is 8.08. The van der Waals surface area contributed by atoms with Gasteiger partial charge in [0.2, 0.25) is 0 Å². The van der Waals surface area contributed by atoms with Crippen molar-refractivity contribution < 1.29 is 4.79 Å². The van der Waals surface area contributed by atoms with Crippen molar-refractivity contribution in [2.75, 3.05) is 6.54 Å². The minimum atomic E-state index is -0.332. The van der Waals surface area contributed by atoms with E-state index in [-0.39, 0.29) is 24.0 Å². The summed E-state index contributed by atoms with van der Waals surface area (Å²) < 4.78 is 0. The minimum absolute atomic E-state index is 0.0453. The fourth-order valence-corrected chi connectivity index (χ4v) is 3.22. The predicted molar refractivity (Wildman–Crippen MR) is 85.0 cm³/mol. The normalized spacial score (nSPS) is 27.3. The standard InChI is InChI=1S/C17H22N4O/c1-3-12-10-15(19-20-16(12)18)17(22)21-9-8-13-6-4-5-7-14(13)11(21)2/h4-7,10-12,16H,3,8-9,18H2,1-2H3/t11-,12?,16?/m1/s1. The van der Waals surface area contributed by atoms with E-state index in [4.69, 9.17) is 5.73 Å². The molecule has 0 bridgehead atoms. The van der Waals surface area contributed by atoms with Crippen LogP contribution < -0.4 is 5.73 Å². The summed E-state index contributed by atoms with van der Waals surface area (Å²) >= 11 is 0. The van der Waals surface area contributed by atoms with Crippen LogP contribution in [0.3, 0.4) is 0 Å². The average molecular weight is 298 g/mol. The second kappa shape index (κ2) is 6.01. The highest BCUT2D eigenvalue weighted by Gasteiger charge is 2.31. The van der Waals surface area contributed by atoms with Gasteiger partial charge >= 0.3 is 0 Å². The zero-order valence-corrected chi connectivity index (χ0v) is 13.1. The Hall–Kier alpha value is -2.01. The van der Waals surface area contributed by atoms with E-state index < -0.39 is 0 Å². The molecule has 3 atom stereocenters. The Balaban J connectivity index is 1.84. The first-order valence-electron chi connectivity index (χ1n) is 7.88. The van der Waals surface area contributed by atoms with Crippen LogP contribution in [0, 0.1) is 5.92 Å². The molecule has 2 N–H and O–H groups in total. The lowest BCUT2D eigenvalue weighted by Crippen LogP contribution is -2.40. The quantitative estimate of drug-likeness (QED) is 0.912. The number of azo groups is 1. The first-order chi connectivity index (χ1) is 10.6. The summed E-state index contributed by atoms with van der Waals surface area (Å²) in [5.74, 6) is 0.0416. The summed E-state index contributed by atoms with van der Waals surface area (Å²) in [6.07, 6.45) is 3.29. The van der Waals surface area contributed by atoms with Crippen LogP contribution in [0.1, 0.15) is 37.4 Å². The maximum atomic E-state index is 12.8. The number of carbonyl (C=O) groups is 1. The van der Waals surface area contributed by atoms with E-state index >= 15 is 0 Å². The van der Waals surface area contributed by atoms with Crippen molar-refractivity contribution in [1.82, 2.24) is 4.90 Å². The highest BCUT2D eigenvalue weighted by Crippen LogP contribution is 2.31. The van der Waals surface area contributed by atoms with Crippen molar-refractivity contribution in [2.45, 2.75) is 38.9 Å². The molecule has 0 radical (unpaired) electrons. The lowest BCUT2D eigenvalue weighted by molar-refractivity contribution is -0.129. The third kappa shape index (κ3) is 2.57. The number of carbonyl (C=O) groups excluding carboxylic acids is 1. The van der Waals surface area contributed by atoms with Crippen molar-refractivity contribution in [2.24, 2.45) is 21.9 Å². The summed E-state index contributed by atoms with van der Waals surface area (Å²) in [7, 11) is 0. The van der Waals surface area contributed by atoms with Gasteiger partial charge in [-0.25, -0.2) is 0 Å². The zero-order chi connectivity index (χ0) is 15.7. The van der Waals surface area contributed by atoms with E-state index in [9.17, 15) is 4.79 Å². The number of hydrogen-bond acceptors (Lipinski definition) is 4. The highest BCUT2D eigenvalue weighted by molar-refractivity contribution is 5.93. The third-order valence-electron chi connectivity index (χ3n) is 4.66. The summed E-state index contributed by atoms with van der Waals surface area (Å²) in [5.41, 5.74) is 8.87. The topological polar surface area (TPSA) is 71.0 Å². The van der Waals surface area contributed by atoms with Gasteiger partial charge < -0.3 is 10.6 Å². The molecule has 116 valence electrons. The number of rotatable bonds is 2. The number of hydrogen-bond donors (Lipinski definition) is 1. The molecule has 0 spiro atoms. The molecule has 1 aromatic carbocycles. The van der Waals surface area contributed by atoms with Gasteiger partial charge in [0.05, 0.1) is 6.04 Å². The molecule has 2 aliphatic heterocycles. The van der Waals surface area contributed by atoms with Crippen LogP contribution in [0.15, 0.2) is 46.3 Å². The van der Waals surface area contributed by atoms with Crippen LogP contribution in [-0.2, 0) is 11.2 Å². The summed E-state index contributed by atoms with van der Waals surface area (Å²) in [6, 6.07) is 8.37. The smallest absolute Gasteiger partial charge is 0.274 e. The Kier molecular flexibility index (Phi) is 4.07. The van der Waals surface area contributed by atoms with E-state index in [1.165, 1.54) is 11.1 Å². The minimum Gasteiger partial charge on any atom is -0.330 e. The Morgan fingerprint density at radius 3 is 2.95 bits per heavy atom. The van der Waals surface area contributed by atoms with Gasteiger partial charge in [-0.05, 0) is 37.0 Å². The fraction of sp³-hybridized carbons (Fsp3) is 0.471. The number of fused-ring (bicyclic) bond motifs is 1. The van der Waals surface area contributed by atoms with Gasteiger partial charge in [-0.15, -0.1) is 5.11 Å². The number of amides is 1. The lowest BCUT2D eigenvalue weighted by Gasteiger charge is -2.35. The van der Waals surface area contributed by atoms with Gasteiger partial charge in [-0.2, -0.15) is 5.11 Å². The molecule has 0 saturated heterocycles. The van der Waals surface area contributed by atoms with Crippen LogP contribution in [-0.4, -0.2) is 23.5 Å². The molecule has 5 nitrogen and oxygen atoms in total. The van der Waals surface area contributed by atoms with Crippen LogP contribution in [0.5, 0.6) is 0 Å². The van der Waals surface area contributed by atoms with E-state index in [1.807, 2.05) is 30.0 Å². The van der Waals surface area contributed by atoms with Gasteiger partial charge in [-0.3, -0.25) is 4.79 Å². The van der Waals surface area contributed by atoms with Crippen LogP contribution >= 0.6 is 0 Å². The van der Waals surface area contributed by atoms with Crippen molar-refractivity contribution >= 4 is 5.91 Å². The zero-order valence-electron chi connectivity index (χ0n) is 13.1. The summed E-state index contributed by atoms with van der Waals surface area (Å²) in [6.45, 7) is 4.83. The maximum absolute atomic E-state index is 12.8. The lowest BCUT2D eigenvalue weighted by atomic mass is 9.93. The molecule has 0 saturated carbocycles. The van der Waals surface area contributed by atoms with Crippen molar-refractivity contribution in [1.29, 1.82) is 0 Å². The Morgan fingerprint density at radius 1 is 1.41 bits per heavy atom. The number of benzene rings is 1. The highest BCUT2D eigenvalue weighted by atomic mass is 16.2. The molecule has 0 aliphatic carbocycles. The van der Waals surface area contributed by atoms with Crippen molar-refractivity contribution in [3.63, 3.8) is 0 Å². The van der Waals surface area contributed by atoms with Crippen molar-refractivity contribution in [3.8, 4) is 0 Å². The summed E-state index contributed by atoms with van der Waals surface area (Å²) in [4.78, 5) is 14.7. The first-order valence-corrected chi connectivity index (χ1v) is 7.88. The fourth-order valence-electron chi connectivity index (χ4n) is 3.22. The van der Waals surface area contributed by atoms with Crippen LogP contribution in [0.4, 0.5) is 0 Å². The van der Waals surface area contributed by atoms with Crippen LogP contribution in [0.25, 0.3) is 0 Å². The van der Waals surface area contributed by atoms with Gasteiger partial charge in [0, 0.05) is 12.5 Å². The number of nitrogens with two attached hydrogens (primary N) is 1. The van der Waals surface area contributed by atoms with Gasteiger partial charge in [0.25, 0.3) is 5.91 Å². The second-order valence-electron chi connectivity index (χ2n) is 5.95. The molecule has 2 heterocycles. The Morgan fingerprint density at radius 2 is 2.18 bits per heavy atom. The van der Waals surface area contributed by atoms with E-state index in [0.29, 0.717) is 12.2 Å². The molecule has 2 aliphatic rings. The third-order valence-corrected chi connectivity index (χ3v) is 4.66. The molecule has 3 rings (SSSR count). The number of nitrogens with zero attached hydrogens (tertiary/aromatic N) is 3. The molecule has 1 aromatic rings. The molecule has 2 unspecified atom stereocenters. The largest absolute Gasteiger partial charge is 0.330 e. The van der Waals surface area contributed by atoms with E-state index in [1.54, 1.807) is 0 Å². The molecular formula is C17H22N4O.